The summed E-state index contributed by atoms with van der Waals surface area (Å²) in [5, 5.41) is 24.4. The smallest absolute Gasteiger partial charge is 0.272 e. The molecule has 2 rings (SSSR count). The minimum Gasteiger partial charge on any atom is -0.392 e. The van der Waals surface area contributed by atoms with Gasteiger partial charge in [0.15, 0.2) is 0 Å². The van der Waals surface area contributed by atoms with Crippen molar-refractivity contribution in [3.05, 3.63) is 39.4 Å². The second kappa shape index (κ2) is 6.81. The number of aliphatic hydroxyl groups excluding tert-OH is 1. The van der Waals surface area contributed by atoms with Crippen molar-refractivity contribution in [3.63, 3.8) is 0 Å². The maximum absolute atomic E-state index is 10.9. The first-order valence-electron chi connectivity index (χ1n) is 7.24. The molecule has 1 fully saturated rings. The molecule has 0 aromatic heterocycles. The molecule has 2 atom stereocenters. The number of nitro groups is 1. The van der Waals surface area contributed by atoms with Crippen molar-refractivity contribution < 1.29 is 10.0 Å². The Morgan fingerprint density at radius 3 is 2.85 bits per heavy atom. The molecule has 0 radical (unpaired) electrons. The highest BCUT2D eigenvalue weighted by Gasteiger charge is 2.21. The number of hydrogen-bond acceptors (Lipinski definition) is 4. The fourth-order valence-electron chi connectivity index (χ4n) is 2.83. The summed E-state index contributed by atoms with van der Waals surface area (Å²) in [5.74, 6) is 0. The van der Waals surface area contributed by atoms with Crippen molar-refractivity contribution in [2.24, 2.45) is 0 Å². The van der Waals surface area contributed by atoms with E-state index >= 15 is 0 Å². The molecule has 20 heavy (non-hydrogen) atoms. The second-order valence-corrected chi connectivity index (χ2v) is 5.51. The van der Waals surface area contributed by atoms with Gasteiger partial charge in [0.1, 0.15) is 0 Å². The normalized spacial score (nSPS) is 23.3. The minimum absolute atomic E-state index is 0.0937. The predicted octanol–water partition coefficient (Wildman–Crippen LogP) is 2.69. The number of hydrogen-bond donors (Lipinski definition) is 2. The van der Waals surface area contributed by atoms with Crippen LogP contribution < -0.4 is 5.32 Å². The lowest BCUT2D eigenvalue weighted by Gasteiger charge is -2.22. The standard InChI is InChI=1S/C15H22N2O3/c1-11-12(6-5-8-14(11)17(19)20)10-16-13-7-3-2-4-9-15(13)18/h5-6,8,13,15-16,18H,2-4,7,9-10H2,1H3. The molecular formula is C15H22N2O3. The van der Waals surface area contributed by atoms with E-state index in [0.29, 0.717) is 12.1 Å². The summed E-state index contributed by atoms with van der Waals surface area (Å²) in [6.45, 7) is 2.34. The van der Waals surface area contributed by atoms with Crippen LogP contribution in [0.5, 0.6) is 0 Å². The average Bonchev–Trinajstić information content (AvgIpc) is 2.62. The van der Waals surface area contributed by atoms with Crippen LogP contribution in [-0.4, -0.2) is 22.2 Å². The minimum atomic E-state index is -0.348. The van der Waals surface area contributed by atoms with E-state index < -0.39 is 0 Å². The third-order valence-corrected chi connectivity index (χ3v) is 4.15. The molecule has 1 aliphatic rings. The lowest BCUT2D eigenvalue weighted by atomic mass is 10.0. The van der Waals surface area contributed by atoms with Crippen LogP contribution >= 0.6 is 0 Å². The van der Waals surface area contributed by atoms with Crippen LogP contribution in [0.3, 0.4) is 0 Å². The van der Waals surface area contributed by atoms with Gasteiger partial charge in [-0.05, 0) is 25.3 Å². The number of nitrogens with zero attached hydrogens (tertiary/aromatic N) is 1. The molecule has 5 nitrogen and oxygen atoms in total. The fourth-order valence-corrected chi connectivity index (χ4v) is 2.83. The second-order valence-electron chi connectivity index (χ2n) is 5.51. The summed E-state index contributed by atoms with van der Waals surface area (Å²) in [6, 6.07) is 5.24. The van der Waals surface area contributed by atoms with Crippen molar-refractivity contribution >= 4 is 5.69 Å². The fraction of sp³-hybridized carbons (Fsp3) is 0.600. The molecule has 0 bridgehead atoms. The van der Waals surface area contributed by atoms with Gasteiger partial charge in [-0.15, -0.1) is 0 Å². The van der Waals surface area contributed by atoms with Crippen LogP contribution in [-0.2, 0) is 6.54 Å². The van der Waals surface area contributed by atoms with E-state index in [1.54, 1.807) is 13.0 Å². The Hall–Kier alpha value is -1.46. The van der Waals surface area contributed by atoms with Gasteiger partial charge in [0.05, 0.1) is 11.0 Å². The van der Waals surface area contributed by atoms with E-state index in [9.17, 15) is 15.2 Å². The number of rotatable bonds is 4. The molecule has 1 aromatic rings. The Morgan fingerprint density at radius 1 is 1.35 bits per heavy atom. The Balaban J connectivity index is 2.03. The first-order valence-corrected chi connectivity index (χ1v) is 7.24. The van der Waals surface area contributed by atoms with Crippen molar-refractivity contribution in [2.45, 2.75) is 57.7 Å². The topological polar surface area (TPSA) is 75.4 Å². The zero-order valence-electron chi connectivity index (χ0n) is 11.8. The summed E-state index contributed by atoms with van der Waals surface area (Å²) in [7, 11) is 0. The number of nitrogens with one attached hydrogen (secondary N) is 1. The molecule has 2 N–H and O–H groups in total. The highest BCUT2D eigenvalue weighted by atomic mass is 16.6. The quantitative estimate of drug-likeness (QED) is 0.504. The monoisotopic (exact) mass is 278 g/mol. The van der Waals surface area contributed by atoms with Gasteiger partial charge in [-0.3, -0.25) is 10.1 Å². The SMILES string of the molecule is Cc1c(CNC2CCCCCC2O)cccc1[N+](=O)[O-]. The van der Waals surface area contributed by atoms with Crippen LogP contribution in [0.4, 0.5) is 5.69 Å². The summed E-state index contributed by atoms with van der Waals surface area (Å²) in [4.78, 5) is 10.6. The van der Waals surface area contributed by atoms with Gasteiger partial charge in [0.2, 0.25) is 0 Å². The Kier molecular flexibility index (Phi) is 5.09. The Morgan fingerprint density at radius 2 is 2.10 bits per heavy atom. The van der Waals surface area contributed by atoms with E-state index in [0.717, 1.165) is 31.2 Å². The van der Waals surface area contributed by atoms with Crippen molar-refractivity contribution in [1.82, 2.24) is 5.32 Å². The van der Waals surface area contributed by atoms with Gasteiger partial charge in [0.25, 0.3) is 5.69 Å². The average molecular weight is 278 g/mol. The maximum atomic E-state index is 10.9. The number of aliphatic hydroxyl groups is 1. The molecule has 2 unspecified atom stereocenters. The zero-order valence-corrected chi connectivity index (χ0v) is 11.8. The summed E-state index contributed by atoms with van der Waals surface area (Å²) < 4.78 is 0. The molecule has 110 valence electrons. The first-order chi connectivity index (χ1) is 9.59. The third kappa shape index (κ3) is 3.55. The molecule has 0 amide bonds. The van der Waals surface area contributed by atoms with E-state index in [1.807, 2.05) is 6.07 Å². The van der Waals surface area contributed by atoms with Crippen LogP contribution in [0, 0.1) is 17.0 Å². The van der Waals surface area contributed by atoms with Crippen molar-refractivity contribution in [1.29, 1.82) is 0 Å². The predicted molar refractivity (Wildman–Crippen MR) is 77.6 cm³/mol. The third-order valence-electron chi connectivity index (χ3n) is 4.15. The summed E-state index contributed by atoms with van der Waals surface area (Å²) in [5.41, 5.74) is 1.79. The van der Waals surface area contributed by atoms with Crippen LogP contribution in [0.15, 0.2) is 18.2 Å². The van der Waals surface area contributed by atoms with Crippen molar-refractivity contribution in [3.8, 4) is 0 Å². The van der Waals surface area contributed by atoms with E-state index in [2.05, 4.69) is 5.32 Å². The molecule has 1 saturated carbocycles. The maximum Gasteiger partial charge on any atom is 0.272 e. The molecule has 0 heterocycles. The highest BCUT2D eigenvalue weighted by Crippen LogP contribution is 2.22. The van der Waals surface area contributed by atoms with Gasteiger partial charge >= 0.3 is 0 Å². The summed E-state index contributed by atoms with van der Waals surface area (Å²) >= 11 is 0. The number of benzene rings is 1. The van der Waals surface area contributed by atoms with Gasteiger partial charge in [-0.2, -0.15) is 0 Å². The van der Waals surface area contributed by atoms with E-state index in [4.69, 9.17) is 0 Å². The van der Waals surface area contributed by atoms with E-state index in [1.165, 1.54) is 12.5 Å². The van der Waals surface area contributed by atoms with Gasteiger partial charge < -0.3 is 10.4 Å². The van der Waals surface area contributed by atoms with Gasteiger partial charge in [-0.25, -0.2) is 0 Å². The van der Waals surface area contributed by atoms with Crippen LogP contribution in [0.1, 0.15) is 43.2 Å². The molecule has 5 heteroatoms. The van der Waals surface area contributed by atoms with E-state index in [-0.39, 0.29) is 22.8 Å². The first kappa shape index (κ1) is 14.9. The van der Waals surface area contributed by atoms with Gasteiger partial charge in [0, 0.05) is 24.2 Å². The zero-order chi connectivity index (χ0) is 14.5. The molecule has 0 aliphatic heterocycles. The van der Waals surface area contributed by atoms with Crippen LogP contribution in [0.25, 0.3) is 0 Å². The molecule has 0 saturated heterocycles. The lowest BCUT2D eigenvalue weighted by molar-refractivity contribution is -0.385. The Bertz CT molecular complexity index is 476. The van der Waals surface area contributed by atoms with Crippen molar-refractivity contribution in [2.75, 3.05) is 0 Å². The Labute approximate surface area is 119 Å². The van der Waals surface area contributed by atoms with Gasteiger partial charge in [-0.1, -0.05) is 31.4 Å². The largest absolute Gasteiger partial charge is 0.392 e. The van der Waals surface area contributed by atoms with Crippen LogP contribution in [0.2, 0.25) is 0 Å². The number of nitro benzene ring substituents is 1. The molecule has 0 spiro atoms. The highest BCUT2D eigenvalue weighted by molar-refractivity contribution is 5.44. The molecular weight excluding hydrogens is 256 g/mol. The molecule has 1 aromatic carbocycles. The lowest BCUT2D eigenvalue weighted by Crippen LogP contribution is -2.38. The summed E-state index contributed by atoms with van der Waals surface area (Å²) in [6.07, 6.45) is 4.88. The molecule has 1 aliphatic carbocycles.